The number of carbonyl (C=O) groups is 2. The van der Waals surface area contributed by atoms with Gasteiger partial charge in [-0.15, -0.1) is 0 Å². The maximum absolute atomic E-state index is 12.5. The molecular formula is C18H23N7O2. The van der Waals surface area contributed by atoms with Gasteiger partial charge in [-0.25, -0.2) is 19.6 Å². The lowest BCUT2D eigenvalue weighted by molar-refractivity contribution is 0.220. The highest BCUT2D eigenvalue weighted by atomic mass is 16.2. The van der Waals surface area contributed by atoms with E-state index in [-0.39, 0.29) is 12.1 Å². The van der Waals surface area contributed by atoms with E-state index in [4.69, 9.17) is 0 Å². The number of aromatic nitrogens is 2. The molecule has 0 radical (unpaired) electrons. The molecule has 27 heavy (non-hydrogen) atoms. The molecule has 0 aliphatic carbocycles. The third-order valence-electron chi connectivity index (χ3n) is 4.32. The average Bonchev–Trinajstić information content (AvgIpc) is 3.01. The molecule has 0 saturated carbocycles. The van der Waals surface area contributed by atoms with E-state index >= 15 is 0 Å². The summed E-state index contributed by atoms with van der Waals surface area (Å²) in [5.74, 6) is 0.532. The first-order valence-electron chi connectivity index (χ1n) is 8.61. The van der Waals surface area contributed by atoms with Crippen molar-refractivity contribution >= 4 is 29.4 Å². The minimum atomic E-state index is -0.255. The molecule has 1 aliphatic heterocycles. The van der Waals surface area contributed by atoms with E-state index in [2.05, 4.69) is 20.6 Å². The van der Waals surface area contributed by atoms with Crippen LogP contribution in [0.5, 0.6) is 0 Å². The zero-order valence-electron chi connectivity index (χ0n) is 15.6. The fourth-order valence-electron chi connectivity index (χ4n) is 2.77. The summed E-state index contributed by atoms with van der Waals surface area (Å²) in [7, 11) is 5.22. The summed E-state index contributed by atoms with van der Waals surface area (Å²) in [4.78, 5) is 37.8. The molecule has 2 heterocycles. The Labute approximate surface area is 158 Å². The highest BCUT2D eigenvalue weighted by molar-refractivity contribution is 5.95. The molecule has 1 saturated heterocycles. The van der Waals surface area contributed by atoms with Gasteiger partial charge in [-0.05, 0) is 18.2 Å². The Morgan fingerprint density at radius 3 is 2.63 bits per heavy atom. The van der Waals surface area contributed by atoms with Gasteiger partial charge in [0.25, 0.3) is 0 Å². The average molecular weight is 369 g/mol. The van der Waals surface area contributed by atoms with E-state index in [1.54, 1.807) is 60.4 Å². The predicted octanol–water partition coefficient (Wildman–Crippen LogP) is 2.05. The number of benzene rings is 1. The smallest absolute Gasteiger partial charge is 0.324 e. The molecule has 9 heteroatoms. The summed E-state index contributed by atoms with van der Waals surface area (Å²) in [5.41, 5.74) is 2.22. The van der Waals surface area contributed by atoms with E-state index in [9.17, 15) is 9.59 Å². The Balaban J connectivity index is 1.63. The minimum absolute atomic E-state index is 0.0411. The van der Waals surface area contributed by atoms with E-state index in [1.165, 1.54) is 0 Å². The van der Waals surface area contributed by atoms with Crippen molar-refractivity contribution in [3.63, 3.8) is 0 Å². The third-order valence-corrected chi connectivity index (χ3v) is 4.32. The normalized spacial score (nSPS) is 13.7. The Kier molecular flexibility index (Phi) is 5.39. The zero-order chi connectivity index (χ0) is 19.4. The Hall–Kier alpha value is -3.36. The van der Waals surface area contributed by atoms with Crippen molar-refractivity contribution in [3.8, 4) is 0 Å². The molecule has 2 N–H and O–H groups in total. The predicted molar refractivity (Wildman–Crippen MR) is 104 cm³/mol. The largest absolute Gasteiger partial charge is 0.357 e. The van der Waals surface area contributed by atoms with Crippen LogP contribution in [0, 0.1) is 0 Å². The molecule has 4 amide bonds. The van der Waals surface area contributed by atoms with Crippen LogP contribution in [-0.4, -0.2) is 66.1 Å². The Bertz CT molecular complexity index is 825. The fraction of sp³-hybridized carbons (Fsp3) is 0.333. The molecule has 3 rings (SSSR count). The van der Waals surface area contributed by atoms with E-state index in [1.807, 2.05) is 12.1 Å². The number of rotatable bonds is 5. The van der Waals surface area contributed by atoms with Crippen LogP contribution in [0.25, 0.3) is 0 Å². The third kappa shape index (κ3) is 4.25. The molecule has 0 unspecified atom stereocenters. The summed E-state index contributed by atoms with van der Waals surface area (Å²) in [6, 6.07) is 6.98. The molecule has 0 bridgehead atoms. The summed E-state index contributed by atoms with van der Waals surface area (Å²) in [6.07, 6.45) is 3.36. The highest BCUT2D eigenvalue weighted by Gasteiger charge is 2.26. The number of amides is 4. The van der Waals surface area contributed by atoms with E-state index in [0.717, 1.165) is 11.3 Å². The second-order valence-electron chi connectivity index (χ2n) is 6.36. The van der Waals surface area contributed by atoms with Crippen molar-refractivity contribution in [2.24, 2.45) is 0 Å². The maximum atomic E-state index is 12.5. The Morgan fingerprint density at radius 1 is 1.26 bits per heavy atom. The van der Waals surface area contributed by atoms with Crippen LogP contribution in [0.2, 0.25) is 0 Å². The lowest BCUT2D eigenvalue weighted by atomic mass is 10.2. The molecule has 1 aromatic carbocycles. The molecule has 1 aliphatic rings. The molecule has 142 valence electrons. The first kappa shape index (κ1) is 18.4. The van der Waals surface area contributed by atoms with Crippen molar-refractivity contribution in [2.75, 3.05) is 49.8 Å². The maximum Gasteiger partial charge on any atom is 0.324 e. The number of urea groups is 2. The van der Waals surface area contributed by atoms with Gasteiger partial charge in [0.15, 0.2) is 0 Å². The van der Waals surface area contributed by atoms with Gasteiger partial charge in [0.05, 0.1) is 6.54 Å². The molecule has 9 nitrogen and oxygen atoms in total. The van der Waals surface area contributed by atoms with Gasteiger partial charge in [0.2, 0.25) is 5.95 Å². The number of nitrogens with one attached hydrogen (secondary N) is 2. The van der Waals surface area contributed by atoms with Crippen LogP contribution < -0.4 is 15.5 Å². The monoisotopic (exact) mass is 369 g/mol. The van der Waals surface area contributed by atoms with Gasteiger partial charge in [0, 0.05) is 63.6 Å². The van der Waals surface area contributed by atoms with Gasteiger partial charge < -0.3 is 20.4 Å². The number of hydrogen-bond donors (Lipinski definition) is 2. The first-order valence-corrected chi connectivity index (χ1v) is 8.61. The lowest BCUT2D eigenvalue weighted by Crippen LogP contribution is -2.31. The SMILES string of the molecule is CNc1ncc(CN(C)C(=O)Nc2cccc(N3CCN(C)C3=O)c2)cn1. The van der Waals surface area contributed by atoms with Crippen LogP contribution in [0.4, 0.5) is 26.9 Å². The van der Waals surface area contributed by atoms with Gasteiger partial charge in [-0.1, -0.05) is 6.07 Å². The van der Waals surface area contributed by atoms with Gasteiger partial charge >= 0.3 is 12.1 Å². The summed E-state index contributed by atoms with van der Waals surface area (Å²) in [5, 5.41) is 5.71. The summed E-state index contributed by atoms with van der Waals surface area (Å²) >= 11 is 0. The van der Waals surface area contributed by atoms with E-state index in [0.29, 0.717) is 31.3 Å². The number of carbonyl (C=O) groups excluding carboxylic acids is 2. The molecule has 0 spiro atoms. The van der Waals surface area contributed by atoms with Crippen molar-refractivity contribution in [1.82, 2.24) is 19.8 Å². The fourth-order valence-corrected chi connectivity index (χ4v) is 2.77. The zero-order valence-corrected chi connectivity index (χ0v) is 15.6. The van der Waals surface area contributed by atoms with Crippen LogP contribution >= 0.6 is 0 Å². The van der Waals surface area contributed by atoms with Crippen LogP contribution in [0.3, 0.4) is 0 Å². The first-order chi connectivity index (χ1) is 13.0. The number of nitrogens with zero attached hydrogens (tertiary/aromatic N) is 5. The minimum Gasteiger partial charge on any atom is -0.357 e. The number of likely N-dealkylation sites (N-methyl/N-ethyl adjacent to an activating group) is 1. The van der Waals surface area contributed by atoms with Crippen LogP contribution in [0.15, 0.2) is 36.7 Å². The number of hydrogen-bond acceptors (Lipinski definition) is 5. The molecule has 2 aromatic rings. The van der Waals surface area contributed by atoms with Crippen molar-refractivity contribution in [3.05, 3.63) is 42.2 Å². The second-order valence-corrected chi connectivity index (χ2v) is 6.36. The molecule has 0 atom stereocenters. The highest BCUT2D eigenvalue weighted by Crippen LogP contribution is 2.23. The second kappa shape index (κ2) is 7.90. The summed E-state index contributed by atoms with van der Waals surface area (Å²) in [6.45, 7) is 1.70. The van der Waals surface area contributed by atoms with Crippen molar-refractivity contribution in [2.45, 2.75) is 6.54 Å². The van der Waals surface area contributed by atoms with Gasteiger partial charge in [-0.2, -0.15) is 0 Å². The summed E-state index contributed by atoms with van der Waals surface area (Å²) < 4.78 is 0. The topological polar surface area (TPSA) is 93.7 Å². The molecule has 1 fully saturated rings. The van der Waals surface area contributed by atoms with Gasteiger partial charge in [0.1, 0.15) is 0 Å². The van der Waals surface area contributed by atoms with Gasteiger partial charge in [-0.3, -0.25) is 4.90 Å². The van der Waals surface area contributed by atoms with Crippen LogP contribution in [0.1, 0.15) is 5.56 Å². The molecule has 1 aromatic heterocycles. The van der Waals surface area contributed by atoms with Crippen LogP contribution in [-0.2, 0) is 6.54 Å². The molecular weight excluding hydrogens is 346 g/mol. The van der Waals surface area contributed by atoms with E-state index < -0.39 is 0 Å². The van der Waals surface area contributed by atoms with Crippen molar-refractivity contribution in [1.29, 1.82) is 0 Å². The lowest BCUT2D eigenvalue weighted by Gasteiger charge is -2.20. The standard InChI is InChI=1S/C18H23N7O2/c1-19-16-20-10-13(11-21-16)12-24(3)17(26)22-14-5-4-6-15(9-14)25-8-7-23(2)18(25)27/h4-6,9-11H,7-8,12H2,1-3H3,(H,22,26)(H,19,20,21). The van der Waals surface area contributed by atoms with Crippen molar-refractivity contribution < 1.29 is 9.59 Å². The Morgan fingerprint density at radius 2 is 2.00 bits per heavy atom. The number of anilines is 3. The quantitative estimate of drug-likeness (QED) is 0.841.